The first kappa shape index (κ1) is 26.0. The maximum atomic E-state index is 13.1. The van der Waals surface area contributed by atoms with Gasteiger partial charge in [-0.3, -0.25) is 14.7 Å². The molecular formula is C34H33N3O3. The molecule has 0 radical (unpaired) electrons. The van der Waals surface area contributed by atoms with Gasteiger partial charge in [0.25, 0.3) is 0 Å². The topological polar surface area (TPSA) is 71.5 Å². The van der Waals surface area contributed by atoms with Gasteiger partial charge in [0.2, 0.25) is 5.91 Å². The van der Waals surface area contributed by atoms with Gasteiger partial charge < -0.3 is 10.1 Å². The summed E-state index contributed by atoms with van der Waals surface area (Å²) in [6.45, 7) is 2.95. The van der Waals surface area contributed by atoms with Gasteiger partial charge >= 0.3 is 5.97 Å². The first-order valence-corrected chi connectivity index (χ1v) is 13.9. The molecule has 4 aromatic rings. The Morgan fingerprint density at radius 3 is 2.62 bits per heavy atom. The third kappa shape index (κ3) is 5.54. The average molecular weight is 532 g/mol. The van der Waals surface area contributed by atoms with Crippen LogP contribution in [0, 0.1) is 5.92 Å². The molecule has 202 valence electrons. The van der Waals surface area contributed by atoms with E-state index in [0.717, 1.165) is 54.9 Å². The second-order valence-electron chi connectivity index (χ2n) is 10.7. The number of carbonyl (C=O) groups is 2. The van der Waals surface area contributed by atoms with Crippen LogP contribution in [0.1, 0.15) is 50.6 Å². The Morgan fingerprint density at radius 1 is 0.975 bits per heavy atom. The summed E-state index contributed by atoms with van der Waals surface area (Å²) in [6.07, 6.45) is 3.61. The molecule has 1 saturated carbocycles. The zero-order chi connectivity index (χ0) is 27.5. The number of methoxy groups -OCH3 is 1. The Balaban J connectivity index is 1.25. The highest BCUT2D eigenvalue weighted by Crippen LogP contribution is 2.47. The van der Waals surface area contributed by atoms with Gasteiger partial charge in [0.1, 0.15) is 0 Å². The van der Waals surface area contributed by atoms with Gasteiger partial charge in [0, 0.05) is 38.3 Å². The second kappa shape index (κ2) is 11.4. The van der Waals surface area contributed by atoms with Crippen LogP contribution >= 0.6 is 0 Å². The van der Waals surface area contributed by atoms with Crippen LogP contribution in [-0.2, 0) is 35.6 Å². The van der Waals surface area contributed by atoms with Crippen molar-refractivity contribution in [3.63, 3.8) is 0 Å². The largest absolute Gasteiger partial charge is 0.465 e. The number of aromatic nitrogens is 1. The molecule has 1 amide bonds. The van der Waals surface area contributed by atoms with E-state index in [4.69, 9.17) is 4.74 Å². The molecule has 2 aliphatic rings. The summed E-state index contributed by atoms with van der Waals surface area (Å²) in [4.78, 5) is 32.2. The van der Waals surface area contributed by atoms with Crippen LogP contribution < -0.4 is 5.32 Å². The van der Waals surface area contributed by atoms with Crippen LogP contribution in [0.4, 0.5) is 0 Å². The summed E-state index contributed by atoms with van der Waals surface area (Å²) in [5.41, 5.74) is 8.61. The number of nitrogens with zero attached hydrogens (tertiary/aromatic N) is 2. The minimum absolute atomic E-state index is 0.0409. The van der Waals surface area contributed by atoms with Gasteiger partial charge in [-0.1, -0.05) is 60.7 Å². The summed E-state index contributed by atoms with van der Waals surface area (Å²) >= 11 is 0. The van der Waals surface area contributed by atoms with E-state index >= 15 is 0 Å². The SMILES string of the molecule is COC(=O)c1cccc(-c2ccc(CNC(=O)[C@@H]3C[C@@H]3c3ccccc3)c3c2CCN(Cc2ccccn2)C3)c1. The Bertz CT molecular complexity index is 1520. The fourth-order valence-electron chi connectivity index (χ4n) is 5.89. The van der Waals surface area contributed by atoms with E-state index in [0.29, 0.717) is 18.0 Å². The molecule has 2 heterocycles. The van der Waals surface area contributed by atoms with Crippen molar-refractivity contribution in [2.75, 3.05) is 13.7 Å². The van der Waals surface area contributed by atoms with Crippen LogP contribution in [0.5, 0.6) is 0 Å². The van der Waals surface area contributed by atoms with Gasteiger partial charge in [-0.25, -0.2) is 4.79 Å². The number of pyridine rings is 1. The molecule has 6 nitrogen and oxygen atoms in total. The third-order valence-corrected chi connectivity index (χ3v) is 8.10. The molecule has 6 rings (SSSR count). The number of ether oxygens (including phenoxy) is 1. The summed E-state index contributed by atoms with van der Waals surface area (Å²) in [6, 6.07) is 28.2. The quantitative estimate of drug-likeness (QED) is 0.304. The first-order chi connectivity index (χ1) is 19.6. The number of nitrogens with one attached hydrogen (secondary N) is 1. The molecule has 3 aromatic carbocycles. The normalized spacial score (nSPS) is 18.0. The van der Waals surface area contributed by atoms with E-state index in [9.17, 15) is 9.59 Å². The minimum Gasteiger partial charge on any atom is -0.465 e. The maximum absolute atomic E-state index is 13.1. The van der Waals surface area contributed by atoms with Crippen molar-refractivity contribution in [1.82, 2.24) is 15.2 Å². The molecule has 0 bridgehead atoms. The van der Waals surface area contributed by atoms with E-state index in [1.807, 2.05) is 54.7 Å². The van der Waals surface area contributed by atoms with Gasteiger partial charge in [0.05, 0.1) is 18.4 Å². The van der Waals surface area contributed by atoms with E-state index in [1.165, 1.54) is 23.8 Å². The van der Waals surface area contributed by atoms with Crippen LogP contribution in [0.25, 0.3) is 11.1 Å². The maximum Gasteiger partial charge on any atom is 0.337 e. The summed E-state index contributed by atoms with van der Waals surface area (Å²) in [5, 5.41) is 3.24. The summed E-state index contributed by atoms with van der Waals surface area (Å²) in [7, 11) is 1.40. The van der Waals surface area contributed by atoms with Crippen molar-refractivity contribution < 1.29 is 14.3 Å². The second-order valence-corrected chi connectivity index (χ2v) is 10.7. The molecule has 0 saturated heterocycles. The Kier molecular flexibility index (Phi) is 7.43. The molecule has 1 N–H and O–H groups in total. The molecule has 1 aliphatic carbocycles. The number of hydrogen-bond donors (Lipinski definition) is 1. The lowest BCUT2D eigenvalue weighted by Crippen LogP contribution is -2.33. The Morgan fingerprint density at radius 2 is 1.82 bits per heavy atom. The van der Waals surface area contributed by atoms with E-state index < -0.39 is 0 Å². The highest BCUT2D eigenvalue weighted by atomic mass is 16.5. The third-order valence-electron chi connectivity index (χ3n) is 8.10. The standard InChI is InChI=1S/C34H33N3O3/c1-40-34(39)25-11-7-10-24(18-25)28-14-13-26(20-36-33(38)31-19-30(31)23-8-3-2-4-9-23)32-22-37(17-15-29(28)32)21-27-12-5-6-16-35-27/h2-14,16,18,30-31H,15,17,19-22H2,1H3,(H,36,38)/t30-,31-/m1/s1. The van der Waals surface area contributed by atoms with Crippen molar-refractivity contribution in [2.24, 2.45) is 5.92 Å². The monoisotopic (exact) mass is 531 g/mol. The van der Waals surface area contributed by atoms with Crippen LogP contribution in [-0.4, -0.2) is 35.4 Å². The molecule has 40 heavy (non-hydrogen) atoms. The zero-order valence-electron chi connectivity index (χ0n) is 22.7. The lowest BCUT2D eigenvalue weighted by molar-refractivity contribution is -0.122. The number of rotatable bonds is 8. The highest BCUT2D eigenvalue weighted by molar-refractivity contribution is 5.91. The number of amides is 1. The number of carbonyl (C=O) groups excluding carboxylic acids is 2. The number of fused-ring (bicyclic) bond motifs is 1. The number of esters is 1. The molecular weight excluding hydrogens is 498 g/mol. The molecule has 0 spiro atoms. The van der Waals surface area contributed by atoms with Gasteiger partial charge in [-0.05, 0) is 76.4 Å². The molecule has 0 unspecified atom stereocenters. The average Bonchev–Trinajstić information content (AvgIpc) is 3.82. The lowest BCUT2D eigenvalue weighted by Gasteiger charge is -2.32. The lowest BCUT2D eigenvalue weighted by atomic mass is 9.87. The van der Waals surface area contributed by atoms with E-state index in [2.05, 4.69) is 45.5 Å². The minimum atomic E-state index is -0.342. The zero-order valence-corrected chi connectivity index (χ0v) is 22.7. The fourth-order valence-corrected chi connectivity index (χ4v) is 5.89. The predicted molar refractivity (Wildman–Crippen MR) is 154 cm³/mol. The smallest absolute Gasteiger partial charge is 0.337 e. The molecule has 1 aliphatic heterocycles. The predicted octanol–water partition coefficient (Wildman–Crippen LogP) is 5.51. The highest BCUT2D eigenvalue weighted by Gasteiger charge is 2.43. The van der Waals surface area contributed by atoms with Crippen molar-refractivity contribution >= 4 is 11.9 Å². The summed E-state index contributed by atoms with van der Waals surface area (Å²) < 4.78 is 4.95. The molecule has 6 heteroatoms. The number of hydrogen-bond acceptors (Lipinski definition) is 5. The molecule has 1 fully saturated rings. The van der Waals surface area contributed by atoms with Crippen molar-refractivity contribution in [3.05, 3.63) is 125 Å². The van der Waals surface area contributed by atoms with Gasteiger partial charge in [-0.15, -0.1) is 0 Å². The van der Waals surface area contributed by atoms with E-state index in [-0.39, 0.29) is 17.8 Å². The Labute approximate surface area is 235 Å². The van der Waals surface area contributed by atoms with Crippen molar-refractivity contribution in [2.45, 2.75) is 38.4 Å². The molecule has 1 aromatic heterocycles. The summed E-state index contributed by atoms with van der Waals surface area (Å²) in [5.74, 6) is 0.136. The van der Waals surface area contributed by atoms with Crippen LogP contribution in [0.2, 0.25) is 0 Å². The van der Waals surface area contributed by atoms with Crippen LogP contribution in [0.3, 0.4) is 0 Å². The fraction of sp³-hybridized carbons (Fsp3) is 0.265. The van der Waals surface area contributed by atoms with Gasteiger partial charge in [0.15, 0.2) is 0 Å². The van der Waals surface area contributed by atoms with Gasteiger partial charge in [-0.2, -0.15) is 0 Å². The first-order valence-electron chi connectivity index (χ1n) is 13.9. The van der Waals surface area contributed by atoms with Crippen LogP contribution in [0.15, 0.2) is 91.1 Å². The van der Waals surface area contributed by atoms with Crippen molar-refractivity contribution in [1.29, 1.82) is 0 Å². The number of benzene rings is 3. The molecule has 2 atom stereocenters. The van der Waals surface area contributed by atoms with Crippen molar-refractivity contribution in [3.8, 4) is 11.1 Å². The van der Waals surface area contributed by atoms with E-state index in [1.54, 1.807) is 6.07 Å². The Hall–Kier alpha value is -4.29.